The Morgan fingerprint density at radius 3 is 2.80 bits per heavy atom. The molecular weight excluding hydrogens is 258 g/mol. The van der Waals surface area contributed by atoms with Gasteiger partial charge in [0.25, 0.3) is 0 Å². The number of nitrogens with one attached hydrogen (secondary N) is 1. The minimum atomic E-state index is -1.22. The van der Waals surface area contributed by atoms with E-state index in [1.807, 2.05) is 23.9 Å². The third-order valence-corrected chi connectivity index (χ3v) is 3.73. The number of carbonyl (C=O) groups excluding carboxylic acids is 1. The van der Waals surface area contributed by atoms with E-state index >= 15 is 0 Å². The smallest absolute Gasteiger partial charge is 0.319 e. The van der Waals surface area contributed by atoms with Crippen LogP contribution in [0.15, 0.2) is 24.4 Å². The molecule has 0 atom stereocenters. The standard InChI is InChI=1S/C14H15N3O3/c1-2-17-8-9-3-4-10(7-11(9)16-17)15-12(18)14(5-6-14)13(19)20/h3-4,7-8H,2,5-6H2,1H3,(H,15,18)(H,19,20). The van der Waals surface area contributed by atoms with E-state index in [1.165, 1.54) is 0 Å². The highest BCUT2D eigenvalue weighted by Gasteiger charge is 2.57. The maximum atomic E-state index is 12.0. The van der Waals surface area contributed by atoms with Crippen LogP contribution in [0.5, 0.6) is 0 Å². The molecule has 1 aliphatic carbocycles. The summed E-state index contributed by atoms with van der Waals surface area (Å²) in [5.41, 5.74) is 0.138. The van der Waals surface area contributed by atoms with E-state index < -0.39 is 17.3 Å². The predicted octanol–water partition coefficient (Wildman–Crippen LogP) is 1.86. The number of benzene rings is 1. The van der Waals surface area contributed by atoms with Gasteiger partial charge < -0.3 is 10.4 Å². The summed E-state index contributed by atoms with van der Waals surface area (Å²) in [6.45, 7) is 2.77. The number of fused-ring (bicyclic) bond motifs is 1. The molecule has 1 aromatic carbocycles. The maximum Gasteiger partial charge on any atom is 0.319 e. The molecule has 0 radical (unpaired) electrons. The Balaban J connectivity index is 1.84. The summed E-state index contributed by atoms with van der Waals surface area (Å²) in [6, 6.07) is 5.39. The molecule has 1 heterocycles. The number of nitrogens with zero attached hydrogens (tertiary/aromatic N) is 2. The molecule has 0 unspecified atom stereocenters. The summed E-state index contributed by atoms with van der Waals surface area (Å²) in [4.78, 5) is 23.1. The molecule has 1 amide bonds. The molecule has 3 rings (SSSR count). The van der Waals surface area contributed by atoms with Gasteiger partial charge in [0.2, 0.25) is 5.91 Å². The Labute approximate surface area is 115 Å². The van der Waals surface area contributed by atoms with E-state index in [1.54, 1.807) is 12.1 Å². The first-order valence-electron chi connectivity index (χ1n) is 6.57. The van der Waals surface area contributed by atoms with E-state index in [2.05, 4.69) is 10.4 Å². The van der Waals surface area contributed by atoms with Gasteiger partial charge in [0.1, 0.15) is 5.41 Å². The van der Waals surface area contributed by atoms with Crippen molar-refractivity contribution in [3.8, 4) is 0 Å². The normalized spacial score (nSPS) is 16.1. The molecular formula is C14H15N3O3. The van der Waals surface area contributed by atoms with Crippen molar-refractivity contribution in [3.63, 3.8) is 0 Å². The lowest BCUT2D eigenvalue weighted by atomic mass is 10.1. The van der Waals surface area contributed by atoms with E-state index in [0.717, 1.165) is 17.4 Å². The van der Waals surface area contributed by atoms with Gasteiger partial charge >= 0.3 is 5.97 Å². The first-order chi connectivity index (χ1) is 9.55. The van der Waals surface area contributed by atoms with Crippen LogP contribution >= 0.6 is 0 Å². The summed E-state index contributed by atoms with van der Waals surface area (Å²) >= 11 is 0. The molecule has 2 N–H and O–H groups in total. The topological polar surface area (TPSA) is 84.2 Å². The molecule has 1 aliphatic rings. The van der Waals surface area contributed by atoms with Gasteiger partial charge in [-0.3, -0.25) is 14.3 Å². The molecule has 0 saturated heterocycles. The van der Waals surface area contributed by atoms with Gasteiger partial charge in [-0.1, -0.05) is 0 Å². The molecule has 20 heavy (non-hydrogen) atoms. The highest BCUT2D eigenvalue weighted by molar-refractivity contribution is 6.11. The Bertz CT molecular complexity index is 701. The van der Waals surface area contributed by atoms with Crippen LogP contribution in [0.2, 0.25) is 0 Å². The van der Waals surface area contributed by atoms with Gasteiger partial charge in [-0.15, -0.1) is 0 Å². The fourth-order valence-corrected chi connectivity index (χ4v) is 2.22. The third-order valence-electron chi connectivity index (χ3n) is 3.73. The fourth-order valence-electron chi connectivity index (χ4n) is 2.22. The van der Waals surface area contributed by atoms with Gasteiger partial charge in [0, 0.05) is 23.8 Å². The van der Waals surface area contributed by atoms with Crippen molar-refractivity contribution in [3.05, 3.63) is 24.4 Å². The number of carboxylic acids is 1. The Kier molecular flexibility index (Phi) is 2.74. The van der Waals surface area contributed by atoms with Crippen LogP contribution in [-0.2, 0) is 16.1 Å². The second-order valence-electron chi connectivity index (χ2n) is 5.10. The van der Waals surface area contributed by atoms with E-state index in [-0.39, 0.29) is 0 Å². The van der Waals surface area contributed by atoms with Crippen LogP contribution in [0, 0.1) is 5.41 Å². The number of aliphatic carboxylic acids is 1. The van der Waals surface area contributed by atoms with Gasteiger partial charge in [-0.2, -0.15) is 5.10 Å². The number of rotatable bonds is 4. The van der Waals surface area contributed by atoms with Crippen molar-refractivity contribution in [2.75, 3.05) is 5.32 Å². The number of hydrogen-bond acceptors (Lipinski definition) is 3. The largest absolute Gasteiger partial charge is 0.480 e. The Morgan fingerprint density at radius 2 is 2.20 bits per heavy atom. The molecule has 1 saturated carbocycles. The summed E-state index contributed by atoms with van der Waals surface area (Å²) < 4.78 is 1.82. The van der Waals surface area contributed by atoms with Crippen LogP contribution in [0.25, 0.3) is 10.9 Å². The van der Waals surface area contributed by atoms with Crippen LogP contribution in [-0.4, -0.2) is 26.8 Å². The Hall–Kier alpha value is -2.37. The van der Waals surface area contributed by atoms with Crippen LogP contribution in [0.4, 0.5) is 5.69 Å². The monoisotopic (exact) mass is 273 g/mol. The number of carboxylic acid groups (broad SMARTS) is 1. The van der Waals surface area contributed by atoms with Gasteiger partial charge in [0.15, 0.2) is 0 Å². The number of carbonyl (C=O) groups is 2. The van der Waals surface area contributed by atoms with Crippen molar-refractivity contribution in [1.29, 1.82) is 0 Å². The third kappa shape index (κ3) is 1.93. The fraction of sp³-hybridized carbons (Fsp3) is 0.357. The van der Waals surface area contributed by atoms with Gasteiger partial charge in [-0.05, 0) is 38.0 Å². The summed E-state index contributed by atoms with van der Waals surface area (Å²) in [5, 5.41) is 17.1. The Morgan fingerprint density at radius 1 is 1.45 bits per heavy atom. The minimum absolute atomic E-state index is 0.404. The second kappa shape index (κ2) is 4.33. The molecule has 0 spiro atoms. The quantitative estimate of drug-likeness (QED) is 0.833. The zero-order chi connectivity index (χ0) is 14.3. The predicted molar refractivity (Wildman–Crippen MR) is 73.3 cm³/mol. The van der Waals surface area contributed by atoms with Crippen molar-refractivity contribution >= 4 is 28.5 Å². The highest BCUT2D eigenvalue weighted by Crippen LogP contribution is 2.46. The summed E-state index contributed by atoms with van der Waals surface area (Å²) in [5.74, 6) is -1.49. The van der Waals surface area contributed by atoms with E-state index in [4.69, 9.17) is 5.11 Å². The molecule has 1 fully saturated rings. The van der Waals surface area contributed by atoms with Crippen molar-refractivity contribution < 1.29 is 14.7 Å². The molecule has 2 aromatic rings. The maximum absolute atomic E-state index is 12.0. The number of amides is 1. The van der Waals surface area contributed by atoms with Crippen LogP contribution in [0.1, 0.15) is 19.8 Å². The highest BCUT2D eigenvalue weighted by atomic mass is 16.4. The summed E-state index contributed by atoms with van der Waals surface area (Å²) in [7, 11) is 0. The second-order valence-corrected chi connectivity index (χ2v) is 5.10. The molecule has 6 heteroatoms. The van der Waals surface area contributed by atoms with Crippen molar-refractivity contribution in [2.45, 2.75) is 26.3 Å². The van der Waals surface area contributed by atoms with Gasteiger partial charge in [-0.25, -0.2) is 0 Å². The van der Waals surface area contributed by atoms with E-state index in [9.17, 15) is 9.59 Å². The van der Waals surface area contributed by atoms with Crippen LogP contribution < -0.4 is 5.32 Å². The number of aromatic nitrogens is 2. The van der Waals surface area contributed by atoms with Crippen molar-refractivity contribution in [1.82, 2.24) is 9.78 Å². The summed E-state index contributed by atoms with van der Waals surface area (Å²) in [6.07, 6.45) is 2.74. The number of hydrogen-bond donors (Lipinski definition) is 2. The zero-order valence-corrected chi connectivity index (χ0v) is 11.1. The average molecular weight is 273 g/mol. The zero-order valence-electron chi connectivity index (χ0n) is 11.1. The molecule has 0 aliphatic heterocycles. The van der Waals surface area contributed by atoms with Crippen molar-refractivity contribution in [2.24, 2.45) is 5.41 Å². The van der Waals surface area contributed by atoms with E-state index in [0.29, 0.717) is 18.5 Å². The van der Waals surface area contributed by atoms with Gasteiger partial charge in [0.05, 0.1) is 5.52 Å². The first kappa shape index (κ1) is 12.7. The number of aryl methyl sites for hydroxylation is 1. The average Bonchev–Trinajstić information content (AvgIpc) is 3.14. The molecule has 1 aromatic heterocycles. The minimum Gasteiger partial charge on any atom is -0.480 e. The SMILES string of the molecule is CCn1cc2ccc(NC(=O)C3(C(=O)O)CC3)cc2n1. The molecule has 0 bridgehead atoms. The lowest BCUT2D eigenvalue weighted by Gasteiger charge is -2.10. The van der Waals surface area contributed by atoms with Crippen LogP contribution in [0.3, 0.4) is 0 Å². The lowest BCUT2D eigenvalue weighted by Crippen LogP contribution is -2.31. The molecule has 104 valence electrons. The first-order valence-corrected chi connectivity index (χ1v) is 6.57. The lowest BCUT2D eigenvalue weighted by molar-refractivity contribution is -0.147. The molecule has 6 nitrogen and oxygen atoms in total. The number of anilines is 1.